The van der Waals surface area contributed by atoms with Crippen LogP contribution >= 0.6 is 0 Å². The van der Waals surface area contributed by atoms with E-state index in [0.29, 0.717) is 13.0 Å². The zero-order valence-corrected chi connectivity index (χ0v) is 11.7. The smallest absolute Gasteiger partial charge is 0.223 e. The van der Waals surface area contributed by atoms with Crippen LogP contribution in [0.15, 0.2) is 36.7 Å². The van der Waals surface area contributed by atoms with Crippen LogP contribution in [0.25, 0.3) is 0 Å². The molecule has 0 saturated carbocycles. The number of nitrogens with zero attached hydrogens (tertiary/aromatic N) is 1. The summed E-state index contributed by atoms with van der Waals surface area (Å²) in [5.74, 6) is 0.757. The average molecular weight is 273 g/mol. The van der Waals surface area contributed by atoms with Gasteiger partial charge in [0.2, 0.25) is 5.91 Å². The van der Waals surface area contributed by atoms with E-state index in [1.54, 1.807) is 12.4 Å². The number of aryl methyl sites for hydroxylation is 1. The van der Waals surface area contributed by atoms with Crippen molar-refractivity contribution in [1.82, 2.24) is 15.5 Å². The van der Waals surface area contributed by atoms with Gasteiger partial charge in [0.1, 0.15) is 5.75 Å². The van der Waals surface area contributed by atoms with E-state index in [0.717, 1.165) is 16.9 Å². The Hall–Kier alpha value is -2.30. The summed E-state index contributed by atoms with van der Waals surface area (Å²) in [6.07, 6.45) is 3.80. The topological polar surface area (TPSA) is 67.0 Å². The number of amides is 1. The summed E-state index contributed by atoms with van der Waals surface area (Å²) in [5, 5.41) is 9.49. The Labute approximate surface area is 118 Å². The van der Waals surface area contributed by atoms with E-state index in [4.69, 9.17) is 4.74 Å². The van der Waals surface area contributed by atoms with Crippen molar-refractivity contribution >= 4 is 5.91 Å². The molecule has 1 amide bonds. The van der Waals surface area contributed by atoms with Gasteiger partial charge in [-0.15, -0.1) is 0 Å². The number of hydrogen-bond donors (Lipinski definition) is 2. The van der Waals surface area contributed by atoms with Gasteiger partial charge in [0, 0.05) is 11.8 Å². The first kappa shape index (κ1) is 14.1. The summed E-state index contributed by atoms with van der Waals surface area (Å²) in [6.45, 7) is 4.30. The van der Waals surface area contributed by atoms with Crippen LogP contribution in [0.2, 0.25) is 0 Å². The average Bonchev–Trinajstić information content (AvgIpc) is 2.92. The lowest BCUT2D eigenvalue weighted by atomic mass is 10.2. The van der Waals surface area contributed by atoms with Crippen LogP contribution in [-0.2, 0) is 4.79 Å². The largest absolute Gasteiger partial charge is 0.493 e. The lowest BCUT2D eigenvalue weighted by Gasteiger charge is -2.12. The fourth-order valence-electron chi connectivity index (χ4n) is 1.86. The van der Waals surface area contributed by atoms with Crippen LogP contribution in [0.1, 0.15) is 30.5 Å². The molecule has 1 aromatic carbocycles. The second-order valence-corrected chi connectivity index (χ2v) is 4.74. The molecule has 0 aliphatic rings. The van der Waals surface area contributed by atoms with Crippen molar-refractivity contribution in [2.75, 3.05) is 6.61 Å². The van der Waals surface area contributed by atoms with Crippen LogP contribution in [0.4, 0.5) is 0 Å². The van der Waals surface area contributed by atoms with E-state index in [1.165, 1.54) is 0 Å². The zero-order valence-electron chi connectivity index (χ0n) is 11.7. The molecule has 0 fully saturated rings. The van der Waals surface area contributed by atoms with E-state index < -0.39 is 0 Å². The van der Waals surface area contributed by atoms with Crippen LogP contribution < -0.4 is 10.1 Å². The SMILES string of the molecule is Cc1cccc(OCCC(=O)NC(C)c2cn[nH]c2)c1. The second kappa shape index (κ2) is 6.75. The minimum Gasteiger partial charge on any atom is -0.493 e. The van der Waals surface area contributed by atoms with E-state index in [2.05, 4.69) is 15.5 Å². The van der Waals surface area contributed by atoms with Crippen molar-refractivity contribution in [3.05, 3.63) is 47.8 Å². The molecule has 0 aliphatic heterocycles. The number of rotatable bonds is 6. The standard InChI is InChI=1S/C15H19N3O2/c1-11-4-3-5-14(8-11)20-7-6-15(19)18-12(2)13-9-16-17-10-13/h3-5,8-10,12H,6-7H2,1-2H3,(H,16,17)(H,18,19). The third-order valence-corrected chi connectivity index (χ3v) is 2.98. The van der Waals surface area contributed by atoms with Crippen molar-refractivity contribution in [3.8, 4) is 5.75 Å². The highest BCUT2D eigenvalue weighted by atomic mass is 16.5. The number of benzene rings is 1. The summed E-state index contributed by atoms with van der Waals surface area (Å²) in [5.41, 5.74) is 2.10. The van der Waals surface area contributed by atoms with Gasteiger partial charge in [-0.1, -0.05) is 12.1 Å². The predicted molar refractivity (Wildman–Crippen MR) is 76.4 cm³/mol. The molecule has 1 aromatic heterocycles. The normalized spacial score (nSPS) is 11.9. The van der Waals surface area contributed by atoms with E-state index in [-0.39, 0.29) is 11.9 Å². The first-order valence-corrected chi connectivity index (χ1v) is 6.62. The van der Waals surface area contributed by atoms with Crippen LogP contribution in [0.5, 0.6) is 5.75 Å². The number of carbonyl (C=O) groups excluding carboxylic acids is 1. The summed E-state index contributed by atoms with van der Waals surface area (Å²) in [4.78, 5) is 11.8. The molecule has 0 bridgehead atoms. The van der Waals surface area contributed by atoms with Crippen LogP contribution in [-0.4, -0.2) is 22.7 Å². The number of carbonyl (C=O) groups is 1. The molecule has 0 aliphatic carbocycles. The number of nitrogens with one attached hydrogen (secondary N) is 2. The minimum absolute atomic E-state index is 0.0358. The molecule has 106 valence electrons. The van der Waals surface area contributed by atoms with Gasteiger partial charge in [0.05, 0.1) is 25.3 Å². The van der Waals surface area contributed by atoms with Gasteiger partial charge in [-0.25, -0.2) is 0 Å². The number of hydrogen-bond acceptors (Lipinski definition) is 3. The maximum Gasteiger partial charge on any atom is 0.223 e. The van der Waals surface area contributed by atoms with Crippen LogP contribution in [0, 0.1) is 6.92 Å². The summed E-state index contributed by atoms with van der Waals surface area (Å²) < 4.78 is 5.55. The molecule has 2 rings (SSSR count). The molecular weight excluding hydrogens is 254 g/mol. The first-order valence-electron chi connectivity index (χ1n) is 6.62. The molecular formula is C15H19N3O2. The minimum atomic E-state index is -0.0554. The Bertz CT molecular complexity index is 552. The van der Waals surface area contributed by atoms with Gasteiger partial charge < -0.3 is 10.1 Å². The molecule has 1 atom stereocenters. The monoisotopic (exact) mass is 273 g/mol. The van der Waals surface area contributed by atoms with E-state index in [9.17, 15) is 4.79 Å². The molecule has 0 radical (unpaired) electrons. The fourth-order valence-corrected chi connectivity index (χ4v) is 1.86. The first-order chi connectivity index (χ1) is 9.65. The van der Waals surface area contributed by atoms with Gasteiger partial charge in [-0.2, -0.15) is 5.10 Å². The highest BCUT2D eigenvalue weighted by molar-refractivity contribution is 5.76. The second-order valence-electron chi connectivity index (χ2n) is 4.74. The number of aromatic amines is 1. The van der Waals surface area contributed by atoms with Gasteiger partial charge in [0.25, 0.3) is 0 Å². The molecule has 20 heavy (non-hydrogen) atoms. The zero-order chi connectivity index (χ0) is 14.4. The van der Waals surface area contributed by atoms with Gasteiger partial charge in [-0.05, 0) is 31.5 Å². The van der Waals surface area contributed by atoms with Crippen molar-refractivity contribution in [1.29, 1.82) is 0 Å². The molecule has 5 nitrogen and oxygen atoms in total. The Morgan fingerprint density at radius 2 is 2.35 bits per heavy atom. The maximum atomic E-state index is 11.8. The lowest BCUT2D eigenvalue weighted by Crippen LogP contribution is -2.27. The molecule has 1 unspecified atom stereocenters. The number of ether oxygens (including phenoxy) is 1. The Morgan fingerprint density at radius 1 is 1.50 bits per heavy atom. The number of aromatic nitrogens is 2. The lowest BCUT2D eigenvalue weighted by molar-refractivity contribution is -0.122. The quantitative estimate of drug-likeness (QED) is 0.849. The van der Waals surface area contributed by atoms with Crippen molar-refractivity contribution in [2.45, 2.75) is 26.3 Å². The third kappa shape index (κ3) is 4.12. The summed E-state index contributed by atoms with van der Waals surface area (Å²) in [6, 6.07) is 7.73. The van der Waals surface area contributed by atoms with Crippen molar-refractivity contribution < 1.29 is 9.53 Å². The summed E-state index contributed by atoms with van der Waals surface area (Å²) >= 11 is 0. The number of H-pyrrole nitrogens is 1. The molecule has 0 saturated heterocycles. The van der Waals surface area contributed by atoms with Crippen molar-refractivity contribution in [2.24, 2.45) is 0 Å². The van der Waals surface area contributed by atoms with Crippen LogP contribution in [0.3, 0.4) is 0 Å². The highest BCUT2D eigenvalue weighted by Gasteiger charge is 2.10. The highest BCUT2D eigenvalue weighted by Crippen LogP contribution is 2.13. The van der Waals surface area contributed by atoms with Crippen molar-refractivity contribution in [3.63, 3.8) is 0 Å². The molecule has 0 spiro atoms. The Balaban J connectivity index is 1.73. The predicted octanol–water partition coefficient (Wildman–Crippen LogP) is 2.36. The molecule has 5 heteroatoms. The van der Waals surface area contributed by atoms with E-state index in [1.807, 2.05) is 38.1 Å². The molecule has 1 heterocycles. The van der Waals surface area contributed by atoms with Gasteiger partial charge >= 0.3 is 0 Å². The molecule has 2 N–H and O–H groups in total. The Morgan fingerprint density at radius 3 is 3.05 bits per heavy atom. The maximum absolute atomic E-state index is 11.8. The third-order valence-electron chi connectivity index (χ3n) is 2.98. The summed E-state index contributed by atoms with van der Waals surface area (Å²) in [7, 11) is 0. The van der Waals surface area contributed by atoms with E-state index >= 15 is 0 Å². The van der Waals surface area contributed by atoms with Gasteiger partial charge in [-0.3, -0.25) is 9.89 Å². The molecule has 2 aromatic rings. The Kier molecular flexibility index (Phi) is 4.76. The van der Waals surface area contributed by atoms with Gasteiger partial charge in [0.15, 0.2) is 0 Å². The fraction of sp³-hybridized carbons (Fsp3) is 0.333.